The Balaban J connectivity index is 1.69. The van der Waals surface area contributed by atoms with Gasteiger partial charge in [0.25, 0.3) is 0 Å². The van der Waals surface area contributed by atoms with Gasteiger partial charge in [0.2, 0.25) is 0 Å². The summed E-state index contributed by atoms with van der Waals surface area (Å²) in [6.07, 6.45) is 4.76. The molecule has 0 fully saturated rings. The van der Waals surface area contributed by atoms with Crippen molar-refractivity contribution in [3.8, 4) is 0 Å². The summed E-state index contributed by atoms with van der Waals surface area (Å²) in [4.78, 5) is 9.03. The Morgan fingerprint density at radius 3 is 1.79 bits per heavy atom. The van der Waals surface area contributed by atoms with Gasteiger partial charge < -0.3 is 0 Å². The molecule has 4 aromatic rings. The molecular formula is C23H28N4O. The van der Waals surface area contributed by atoms with Crippen molar-refractivity contribution in [3.05, 3.63) is 59.9 Å². The lowest BCUT2D eigenvalue weighted by atomic mass is 9.82. The van der Waals surface area contributed by atoms with Crippen LogP contribution < -0.4 is 4.94 Å². The summed E-state index contributed by atoms with van der Waals surface area (Å²) < 4.78 is 0. The van der Waals surface area contributed by atoms with Crippen LogP contribution >= 0.6 is 0 Å². The van der Waals surface area contributed by atoms with Gasteiger partial charge in [0.1, 0.15) is 11.0 Å². The Morgan fingerprint density at radius 2 is 1.29 bits per heavy atom. The van der Waals surface area contributed by atoms with Crippen LogP contribution in [0.2, 0.25) is 0 Å². The number of hydrogen-bond acceptors (Lipinski definition) is 3. The predicted octanol–water partition coefficient (Wildman–Crippen LogP) is 5.26. The average molecular weight is 377 g/mol. The first-order valence-electron chi connectivity index (χ1n) is 9.84. The van der Waals surface area contributed by atoms with Crippen LogP contribution in [0.15, 0.2) is 48.8 Å². The predicted molar refractivity (Wildman–Crippen MR) is 113 cm³/mol. The molecule has 2 heterocycles. The quantitative estimate of drug-likeness (QED) is 0.488. The molecule has 0 saturated carbocycles. The van der Waals surface area contributed by atoms with E-state index in [0.717, 1.165) is 28.2 Å². The van der Waals surface area contributed by atoms with E-state index in [0.29, 0.717) is 0 Å². The standard InChI is InChI=1S/C23H28N4O/c1-7-23(5,6)19-9-11-21-17(13-19)15-25-27(21)28-26-20-10-8-18(22(2,3)4)12-16(20)14-24-26/h8-15H,7H2,1-6H3. The summed E-state index contributed by atoms with van der Waals surface area (Å²) in [5, 5.41) is 10.9. The Bertz CT molecular complexity index is 1140. The van der Waals surface area contributed by atoms with Gasteiger partial charge in [-0.1, -0.05) is 63.4 Å². The molecular weight excluding hydrogens is 348 g/mol. The largest absolute Gasteiger partial charge is 0.246 e. The molecule has 0 spiro atoms. The van der Waals surface area contributed by atoms with Crippen molar-refractivity contribution in [1.82, 2.24) is 19.9 Å². The maximum Gasteiger partial charge on any atom is 0.113 e. The highest BCUT2D eigenvalue weighted by molar-refractivity contribution is 5.80. The first kappa shape index (κ1) is 18.5. The van der Waals surface area contributed by atoms with E-state index in [4.69, 9.17) is 4.94 Å². The maximum atomic E-state index is 5.97. The number of nitrogens with zero attached hydrogens (tertiary/aromatic N) is 4. The number of hydrogen-bond donors (Lipinski definition) is 0. The monoisotopic (exact) mass is 376 g/mol. The zero-order chi connectivity index (χ0) is 20.1. The van der Waals surface area contributed by atoms with Gasteiger partial charge in [-0.3, -0.25) is 0 Å². The lowest BCUT2D eigenvalue weighted by molar-refractivity contribution is 0.00614. The molecule has 0 radical (unpaired) electrons. The number of benzene rings is 2. The fraction of sp³-hybridized carbons (Fsp3) is 0.391. The van der Waals surface area contributed by atoms with Gasteiger partial charge in [0.15, 0.2) is 0 Å². The Hall–Kier alpha value is -2.82. The van der Waals surface area contributed by atoms with Crippen LogP contribution in [-0.4, -0.2) is 19.9 Å². The second-order valence-electron chi connectivity index (χ2n) is 9.15. The molecule has 5 nitrogen and oxygen atoms in total. The smallest absolute Gasteiger partial charge is 0.113 e. The Kier molecular flexibility index (Phi) is 4.21. The van der Waals surface area contributed by atoms with Crippen molar-refractivity contribution >= 4 is 21.8 Å². The third-order valence-corrected chi connectivity index (χ3v) is 5.76. The van der Waals surface area contributed by atoms with E-state index in [9.17, 15) is 0 Å². The van der Waals surface area contributed by atoms with Crippen LogP contribution in [0.4, 0.5) is 0 Å². The van der Waals surface area contributed by atoms with Gasteiger partial charge in [0.05, 0.1) is 12.4 Å². The lowest BCUT2D eigenvalue weighted by Gasteiger charge is -2.23. The fourth-order valence-corrected chi connectivity index (χ4v) is 3.31. The minimum atomic E-state index is 0.0965. The van der Waals surface area contributed by atoms with E-state index in [1.165, 1.54) is 20.8 Å². The lowest BCUT2D eigenvalue weighted by Crippen LogP contribution is -2.20. The van der Waals surface area contributed by atoms with Gasteiger partial charge in [0, 0.05) is 10.8 Å². The first-order chi connectivity index (χ1) is 13.2. The topological polar surface area (TPSA) is 44.9 Å². The summed E-state index contributed by atoms with van der Waals surface area (Å²) in [7, 11) is 0. The highest BCUT2D eigenvalue weighted by Crippen LogP contribution is 2.29. The highest BCUT2D eigenvalue weighted by atomic mass is 16.8. The van der Waals surface area contributed by atoms with Crippen LogP contribution in [0.1, 0.15) is 59.1 Å². The van der Waals surface area contributed by atoms with Gasteiger partial charge in [-0.15, -0.1) is 10.2 Å². The molecule has 0 unspecified atom stereocenters. The average Bonchev–Trinajstić information content (AvgIpc) is 3.25. The molecule has 146 valence electrons. The molecule has 0 aliphatic heterocycles. The summed E-state index contributed by atoms with van der Waals surface area (Å²) in [5.74, 6) is 0. The van der Waals surface area contributed by atoms with Gasteiger partial charge in [-0.25, -0.2) is 4.94 Å². The summed E-state index contributed by atoms with van der Waals surface area (Å²) in [6.45, 7) is 13.4. The van der Waals surface area contributed by atoms with E-state index in [1.54, 1.807) is 0 Å². The van der Waals surface area contributed by atoms with Crippen LogP contribution in [0, 0.1) is 0 Å². The van der Waals surface area contributed by atoms with Crippen LogP contribution in [0.5, 0.6) is 0 Å². The minimum Gasteiger partial charge on any atom is -0.246 e. The molecule has 0 saturated heterocycles. The second kappa shape index (κ2) is 6.36. The second-order valence-corrected chi connectivity index (χ2v) is 9.15. The first-order valence-corrected chi connectivity index (χ1v) is 9.84. The third kappa shape index (κ3) is 3.15. The summed E-state index contributed by atoms with van der Waals surface area (Å²) in [6, 6.07) is 12.8. The number of rotatable bonds is 4. The van der Waals surface area contributed by atoms with Crippen molar-refractivity contribution < 1.29 is 4.94 Å². The van der Waals surface area contributed by atoms with E-state index in [2.05, 4.69) is 88.1 Å². The van der Waals surface area contributed by atoms with Crippen LogP contribution in [0.25, 0.3) is 21.8 Å². The van der Waals surface area contributed by atoms with E-state index < -0.39 is 0 Å². The summed E-state index contributed by atoms with van der Waals surface area (Å²) >= 11 is 0. The maximum absolute atomic E-state index is 5.97. The molecule has 28 heavy (non-hydrogen) atoms. The van der Waals surface area contributed by atoms with Gasteiger partial charge >= 0.3 is 0 Å². The zero-order valence-electron chi connectivity index (χ0n) is 17.5. The van der Waals surface area contributed by atoms with Crippen molar-refractivity contribution in [3.63, 3.8) is 0 Å². The number of aromatic nitrogens is 4. The van der Waals surface area contributed by atoms with Crippen molar-refractivity contribution in [1.29, 1.82) is 0 Å². The van der Waals surface area contributed by atoms with Crippen molar-refractivity contribution in [2.24, 2.45) is 0 Å². The molecule has 0 bridgehead atoms. The molecule has 2 aromatic carbocycles. The molecule has 4 rings (SSSR count). The molecule has 0 aliphatic carbocycles. The zero-order valence-corrected chi connectivity index (χ0v) is 17.5. The van der Waals surface area contributed by atoms with Crippen molar-refractivity contribution in [2.45, 2.75) is 58.8 Å². The molecule has 2 aromatic heterocycles. The van der Waals surface area contributed by atoms with Crippen molar-refractivity contribution in [2.75, 3.05) is 0 Å². The molecule has 5 heteroatoms. The Labute approximate surface area is 165 Å². The summed E-state index contributed by atoms with van der Waals surface area (Å²) in [5.41, 5.74) is 4.65. The van der Waals surface area contributed by atoms with E-state index in [-0.39, 0.29) is 10.8 Å². The van der Waals surface area contributed by atoms with E-state index >= 15 is 0 Å². The molecule has 0 amide bonds. The van der Waals surface area contributed by atoms with Gasteiger partial charge in [-0.2, -0.15) is 0 Å². The SMILES string of the molecule is CCC(C)(C)c1ccc2c(cnn2On2ncc3cc(C(C)(C)C)ccc32)c1. The van der Waals surface area contributed by atoms with Gasteiger partial charge in [-0.05, 0) is 52.6 Å². The van der Waals surface area contributed by atoms with Crippen LogP contribution in [0.3, 0.4) is 0 Å². The normalized spacial score (nSPS) is 12.8. The minimum absolute atomic E-state index is 0.0965. The molecule has 0 aliphatic rings. The van der Waals surface area contributed by atoms with E-state index in [1.807, 2.05) is 12.4 Å². The Morgan fingerprint density at radius 1 is 0.786 bits per heavy atom. The van der Waals surface area contributed by atoms with Crippen LogP contribution in [-0.2, 0) is 10.8 Å². The third-order valence-electron chi connectivity index (χ3n) is 5.76. The number of fused-ring (bicyclic) bond motifs is 2. The highest BCUT2D eigenvalue weighted by Gasteiger charge is 2.19. The molecule has 0 N–H and O–H groups in total. The fourth-order valence-electron chi connectivity index (χ4n) is 3.31. The molecule has 0 atom stereocenters.